The number of benzene rings is 1. The lowest BCUT2D eigenvalue weighted by Crippen LogP contribution is -2.52. The van der Waals surface area contributed by atoms with Crippen LogP contribution in [0.2, 0.25) is 51.9 Å². The first kappa shape index (κ1) is 20.3. The van der Waals surface area contributed by atoms with Crippen LogP contribution in [0.5, 0.6) is 0 Å². The molecule has 0 amide bonds. The summed E-state index contributed by atoms with van der Waals surface area (Å²) in [6.07, 6.45) is 2.24. The van der Waals surface area contributed by atoms with Crippen LogP contribution >= 0.6 is 15.9 Å². The summed E-state index contributed by atoms with van der Waals surface area (Å²) in [4.78, 5) is 0. The van der Waals surface area contributed by atoms with Crippen LogP contribution in [-0.4, -0.2) is 25.2 Å². The summed E-state index contributed by atoms with van der Waals surface area (Å²) >= 11 is 3.49. The largest absolute Gasteiger partial charge is 0.437 e. The lowest BCUT2D eigenvalue weighted by molar-refractivity contribution is 0.381. The summed E-state index contributed by atoms with van der Waals surface area (Å²) in [5.74, 6) is 0. The number of rotatable bonds is 8. The van der Waals surface area contributed by atoms with E-state index in [0.29, 0.717) is 0 Å². The molecule has 1 rings (SSSR count). The Labute approximate surface area is 148 Å². The zero-order chi connectivity index (χ0) is 17.0. The molecule has 0 fully saturated rings. The third-order valence-corrected chi connectivity index (χ3v) is 13.2. The molecule has 0 saturated carbocycles. The Morgan fingerprint density at radius 1 is 0.818 bits per heavy atom. The van der Waals surface area contributed by atoms with Crippen LogP contribution in [0.1, 0.15) is 12.0 Å². The number of aryl methyl sites for hydroxylation is 1. The first-order valence-electron chi connectivity index (χ1n) is 8.03. The molecule has 0 bridgehead atoms. The highest BCUT2D eigenvalue weighted by Crippen LogP contribution is 2.26. The van der Waals surface area contributed by atoms with Crippen molar-refractivity contribution in [2.45, 2.75) is 64.7 Å². The fourth-order valence-electron chi connectivity index (χ4n) is 2.68. The fourth-order valence-corrected chi connectivity index (χ4v) is 15.5. The summed E-state index contributed by atoms with van der Waals surface area (Å²) in [5, 5.41) is 0. The van der Waals surface area contributed by atoms with E-state index in [0.717, 1.165) is 23.4 Å². The van der Waals surface area contributed by atoms with E-state index in [1.807, 2.05) is 0 Å². The van der Waals surface area contributed by atoms with Gasteiger partial charge in [-0.2, -0.15) is 0 Å². The highest BCUT2D eigenvalue weighted by Gasteiger charge is 2.39. The number of hydrogen-bond acceptors (Lipinski definition) is 2. The van der Waals surface area contributed by atoms with Crippen LogP contribution in [0.15, 0.2) is 28.7 Å². The summed E-state index contributed by atoms with van der Waals surface area (Å²) in [6, 6.07) is 9.70. The van der Waals surface area contributed by atoms with Crippen molar-refractivity contribution >= 4 is 41.1 Å². The van der Waals surface area contributed by atoms with E-state index in [4.69, 9.17) is 8.23 Å². The quantitative estimate of drug-likeness (QED) is 0.470. The Kier molecular flexibility index (Phi) is 7.29. The molecular weight excluding hydrogens is 388 g/mol. The standard InChI is InChI=1S/C16H31BrO2Si3/c1-20(2,3)18-22(7,19-21(4,5)6)14-8-9-15-10-12-16(17)13-11-15/h10-13H,8-9,14H2,1-7H3. The molecule has 6 heteroatoms. The Bertz CT molecular complexity index is 448. The van der Waals surface area contributed by atoms with Crippen LogP contribution in [-0.2, 0) is 14.7 Å². The van der Waals surface area contributed by atoms with Gasteiger partial charge in [-0.05, 0) is 82.4 Å². The maximum Gasteiger partial charge on any atom is 0.314 e. The monoisotopic (exact) mass is 418 g/mol. The minimum atomic E-state index is -2.07. The zero-order valence-electron chi connectivity index (χ0n) is 15.1. The predicted molar refractivity (Wildman–Crippen MR) is 108 cm³/mol. The number of hydrogen-bond donors (Lipinski definition) is 0. The van der Waals surface area contributed by atoms with Crippen molar-refractivity contribution in [3.63, 3.8) is 0 Å². The normalized spacial score (nSPS) is 13.5. The van der Waals surface area contributed by atoms with Crippen LogP contribution in [0.4, 0.5) is 0 Å². The second kappa shape index (κ2) is 7.90. The third-order valence-electron chi connectivity index (χ3n) is 3.05. The van der Waals surface area contributed by atoms with Crippen LogP contribution in [0.25, 0.3) is 0 Å². The first-order chi connectivity index (χ1) is 9.89. The van der Waals surface area contributed by atoms with Crippen molar-refractivity contribution < 1.29 is 8.23 Å². The van der Waals surface area contributed by atoms with E-state index >= 15 is 0 Å². The molecule has 1 aromatic rings. The SMILES string of the molecule is C[Si](C)(C)O[Si](C)(CCCc1ccc(Br)cc1)O[Si](C)(C)C. The highest BCUT2D eigenvalue weighted by atomic mass is 79.9. The van der Waals surface area contributed by atoms with E-state index in [1.54, 1.807) is 0 Å². The Morgan fingerprint density at radius 2 is 1.27 bits per heavy atom. The van der Waals surface area contributed by atoms with Gasteiger partial charge in [-0.15, -0.1) is 0 Å². The van der Waals surface area contributed by atoms with E-state index in [2.05, 4.69) is 86.0 Å². The van der Waals surface area contributed by atoms with Crippen LogP contribution in [0, 0.1) is 0 Å². The molecule has 0 atom stereocenters. The van der Waals surface area contributed by atoms with Crippen molar-refractivity contribution in [1.29, 1.82) is 0 Å². The molecule has 0 radical (unpaired) electrons. The van der Waals surface area contributed by atoms with Gasteiger partial charge in [0.15, 0.2) is 16.6 Å². The minimum Gasteiger partial charge on any atom is -0.437 e. The minimum absolute atomic E-state index is 1.08. The molecule has 0 saturated heterocycles. The Hall–Kier alpha value is 0.271. The van der Waals surface area contributed by atoms with Crippen LogP contribution < -0.4 is 0 Å². The molecule has 22 heavy (non-hydrogen) atoms. The lowest BCUT2D eigenvalue weighted by atomic mass is 10.1. The molecule has 0 aliphatic carbocycles. The fraction of sp³-hybridized carbons (Fsp3) is 0.625. The van der Waals surface area contributed by atoms with Gasteiger partial charge in [0.25, 0.3) is 0 Å². The summed E-state index contributed by atoms with van der Waals surface area (Å²) in [7, 11) is -5.22. The smallest absolute Gasteiger partial charge is 0.314 e. The Balaban J connectivity index is 2.66. The van der Waals surface area contributed by atoms with Gasteiger partial charge >= 0.3 is 8.56 Å². The second-order valence-electron chi connectivity index (χ2n) is 8.04. The molecule has 0 heterocycles. The maximum atomic E-state index is 6.54. The average Bonchev–Trinajstić information content (AvgIpc) is 2.26. The van der Waals surface area contributed by atoms with Crippen molar-refractivity contribution in [3.8, 4) is 0 Å². The number of halogens is 1. The topological polar surface area (TPSA) is 18.5 Å². The Morgan fingerprint density at radius 3 is 1.68 bits per heavy atom. The van der Waals surface area contributed by atoms with Gasteiger partial charge < -0.3 is 8.23 Å². The molecule has 0 spiro atoms. The molecule has 0 unspecified atom stereocenters. The van der Waals surface area contributed by atoms with Gasteiger partial charge in [0.05, 0.1) is 0 Å². The first-order valence-corrected chi connectivity index (χ1v) is 18.2. The van der Waals surface area contributed by atoms with Crippen LogP contribution in [0.3, 0.4) is 0 Å². The predicted octanol–water partition coefficient (Wildman–Crippen LogP) is 6.16. The van der Waals surface area contributed by atoms with E-state index < -0.39 is 25.2 Å². The summed E-state index contributed by atoms with van der Waals surface area (Å²) in [5.41, 5.74) is 1.39. The lowest BCUT2D eigenvalue weighted by Gasteiger charge is -2.38. The van der Waals surface area contributed by atoms with Gasteiger partial charge in [-0.3, -0.25) is 0 Å². The van der Waals surface area contributed by atoms with Gasteiger partial charge in [-0.1, -0.05) is 28.1 Å². The molecule has 0 aliphatic heterocycles. The van der Waals surface area contributed by atoms with Gasteiger partial charge in [0, 0.05) is 4.47 Å². The average molecular weight is 420 g/mol. The van der Waals surface area contributed by atoms with E-state index in [-0.39, 0.29) is 0 Å². The van der Waals surface area contributed by atoms with E-state index in [9.17, 15) is 0 Å². The maximum absolute atomic E-state index is 6.54. The molecule has 0 aliphatic rings. The molecule has 1 aromatic carbocycles. The zero-order valence-corrected chi connectivity index (χ0v) is 19.7. The van der Waals surface area contributed by atoms with Crippen molar-refractivity contribution in [2.75, 3.05) is 0 Å². The third kappa shape index (κ3) is 8.79. The highest BCUT2D eigenvalue weighted by molar-refractivity contribution is 9.10. The van der Waals surface area contributed by atoms with Crippen molar-refractivity contribution in [1.82, 2.24) is 0 Å². The molecule has 126 valence electrons. The molecular formula is C16H31BrO2Si3. The molecule has 0 aromatic heterocycles. The summed E-state index contributed by atoms with van der Waals surface area (Å²) < 4.78 is 14.2. The van der Waals surface area contributed by atoms with Crippen molar-refractivity contribution in [3.05, 3.63) is 34.3 Å². The van der Waals surface area contributed by atoms with Crippen molar-refractivity contribution in [2.24, 2.45) is 0 Å². The molecule has 0 N–H and O–H groups in total. The second-order valence-corrected chi connectivity index (χ2v) is 21.8. The van der Waals surface area contributed by atoms with Gasteiger partial charge in [0.2, 0.25) is 0 Å². The summed E-state index contributed by atoms with van der Waals surface area (Å²) in [6.45, 7) is 15.9. The van der Waals surface area contributed by atoms with Gasteiger partial charge in [-0.25, -0.2) is 0 Å². The van der Waals surface area contributed by atoms with Gasteiger partial charge in [0.1, 0.15) is 0 Å². The molecule has 2 nitrogen and oxygen atoms in total. The van der Waals surface area contributed by atoms with E-state index in [1.165, 1.54) is 5.56 Å².